The molecule has 0 bridgehead atoms. The molecule has 0 atom stereocenters. The third-order valence-corrected chi connectivity index (χ3v) is 5.41. The van der Waals surface area contributed by atoms with Crippen molar-refractivity contribution in [2.45, 2.75) is 45.2 Å². The quantitative estimate of drug-likeness (QED) is 0.855. The summed E-state index contributed by atoms with van der Waals surface area (Å²) < 4.78 is 28.6. The first-order chi connectivity index (χ1) is 8.41. The van der Waals surface area contributed by atoms with Gasteiger partial charge >= 0.3 is 0 Å². The molecule has 18 heavy (non-hydrogen) atoms. The monoisotopic (exact) mass is 271 g/mol. The fourth-order valence-electron chi connectivity index (χ4n) is 2.22. The molecule has 0 aromatic carbocycles. The third kappa shape index (κ3) is 2.44. The lowest BCUT2D eigenvalue weighted by Gasteiger charge is -2.20. The Kier molecular flexibility index (Phi) is 3.51. The molecule has 6 heteroatoms. The van der Waals surface area contributed by atoms with E-state index in [-0.39, 0.29) is 10.4 Å². The van der Waals surface area contributed by atoms with Gasteiger partial charge in [0.1, 0.15) is 0 Å². The van der Waals surface area contributed by atoms with E-state index in [1.165, 1.54) is 10.9 Å². The van der Waals surface area contributed by atoms with Crippen LogP contribution < -0.4 is 4.72 Å². The molecular formula is C12H21N3O2S. The van der Waals surface area contributed by atoms with Crippen molar-refractivity contribution in [2.24, 2.45) is 11.3 Å². The smallest absolute Gasteiger partial charge is 0.253 e. The predicted octanol–water partition coefficient (Wildman–Crippen LogP) is 1.62. The fourth-order valence-corrected chi connectivity index (χ4v) is 3.54. The summed E-state index contributed by atoms with van der Waals surface area (Å²) in [5, 5.41) is 4.25. The second-order valence-electron chi connectivity index (χ2n) is 5.33. The van der Waals surface area contributed by atoms with Crippen molar-refractivity contribution in [3.63, 3.8) is 0 Å². The summed E-state index contributed by atoms with van der Waals surface area (Å²) in [5.74, 6) is 0.510. The Balaban J connectivity index is 2.09. The minimum atomic E-state index is -3.44. The van der Waals surface area contributed by atoms with Gasteiger partial charge in [0.05, 0.1) is 6.20 Å². The van der Waals surface area contributed by atoms with Gasteiger partial charge in [0.15, 0.2) is 5.03 Å². The average molecular weight is 271 g/mol. The molecule has 1 aromatic rings. The lowest BCUT2D eigenvalue weighted by molar-refractivity contribution is 0.357. The van der Waals surface area contributed by atoms with Crippen LogP contribution in [0.1, 0.15) is 33.6 Å². The Hall–Kier alpha value is -0.880. The lowest BCUT2D eigenvalue weighted by atomic mass is 9.93. The molecule has 1 aliphatic carbocycles. The van der Waals surface area contributed by atoms with Crippen molar-refractivity contribution in [2.75, 3.05) is 6.54 Å². The molecule has 2 rings (SSSR count). The van der Waals surface area contributed by atoms with E-state index in [1.807, 2.05) is 6.92 Å². The number of nitrogens with zero attached hydrogens (tertiary/aromatic N) is 2. The van der Waals surface area contributed by atoms with Gasteiger partial charge in [-0.05, 0) is 37.2 Å². The maximum absolute atomic E-state index is 12.2. The highest BCUT2D eigenvalue weighted by atomic mass is 32.2. The standard InChI is InChI=1S/C12H21N3O2S/c1-4-15-11(5-8-13-15)18(16,17)14-9-12(6-7-12)10(2)3/h5,8,10,14H,4,6-7,9H2,1-3H3. The second-order valence-corrected chi connectivity index (χ2v) is 7.04. The van der Waals surface area contributed by atoms with E-state index in [4.69, 9.17) is 0 Å². The van der Waals surface area contributed by atoms with Gasteiger partial charge in [0.2, 0.25) is 0 Å². The zero-order valence-electron chi connectivity index (χ0n) is 11.2. The van der Waals surface area contributed by atoms with Crippen LogP contribution in [0.4, 0.5) is 0 Å². The van der Waals surface area contributed by atoms with E-state index < -0.39 is 10.0 Å². The van der Waals surface area contributed by atoms with Gasteiger partial charge in [-0.2, -0.15) is 5.10 Å². The molecule has 1 aliphatic rings. The van der Waals surface area contributed by atoms with Crippen LogP contribution in [-0.2, 0) is 16.6 Å². The molecule has 0 spiro atoms. The van der Waals surface area contributed by atoms with Gasteiger partial charge in [0, 0.05) is 13.1 Å². The predicted molar refractivity (Wildman–Crippen MR) is 69.6 cm³/mol. The molecule has 1 saturated carbocycles. The lowest BCUT2D eigenvalue weighted by Crippen LogP contribution is -2.33. The summed E-state index contributed by atoms with van der Waals surface area (Å²) in [7, 11) is -3.44. The van der Waals surface area contributed by atoms with Crippen LogP contribution in [-0.4, -0.2) is 24.7 Å². The Morgan fingerprint density at radius 1 is 1.50 bits per heavy atom. The Morgan fingerprint density at radius 2 is 2.17 bits per heavy atom. The highest BCUT2D eigenvalue weighted by Crippen LogP contribution is 2.51. The van der Waals surface area contributed by atoms with Crippen molar-refractivity contribution in [3.8, 4) is 0 Å². The Labute approximate surface area is 109 Å². The van der Waals surface area contributed by atoms with Gasteiger partial charge in [-0.1, -0.05) is 13.8 Å². The minimum Gasteiger partial charge on any atom is -0.253 e. The summed E-state index contributed by atoms with van der Waals surface area (Å²) in [5.41, 5.74) is 0.171. The molecule has 102 valence electrons. The Morgan fingerprint density at radius 3 is 2.67 bits per heavy atom. The van der Waals surface area contributed by atoms with Crippen LogP contribution in [0.15, 0.2) is 17.3 Å². The number of rotatable bonds is 6. The largest absolute Gasteiger partial charge is 0.257 e. The maximum atomic E-state index is 12.2. The molecule has 0 radical (unpaired) electrons. The molecule has 0 saturated heterocycles. The molecule has 0 amide bonds. The van der Waals surface area contributed by atoms with E-state index in [0.29, 0.717) is 19.0 Å². The van der Waals surface area contributed by atoms with Gasteiger partial charge in [-0.3, -0.25) is 4.68 Å². The second kappa shape index (κ2) is 4.66. The van der Waals surface area contributed by atoms with Crippen LogP contribution >= 0.6 is 0 Å². The summed E-state index contributed by atoms with van der Waals surface area (Å²) in [4.78, 5) is 0. The van der Waals surface area contributed by atoms with Crippen LogP contribution in [0.5, 0.6) is 0 Å². The molecule has 0 aliphatic heterocycles. The van der Waals surface area contributed by atoms with E-state index in [1.54, 1.807) is 6.07 Å². The molecule has 1 fully saturated rings. The van der Waals surface area contributed by atoms with E-state index in [2.05, 4.69) is 23.7 Å². The SMILES string of the molecule is CCn1nccc1S(=O)(=O)NCC1(C(C)C)CC1. The average Bonchev–Trinajstić information content (AvgIpc) is 2.96. The summed E-state index contributed by atoms with van der Waals surface area (Å²) >= 11 is 0. The van der Waals surface area contributed by atoms with Crippen LogP contribution in [0.25, 0.3) is 0 Å². The number of sulfonamides is 1. The number of hydrogen-bond acceptors (Lipinski definition) is 3. The first kappa shape index (κ1) is 13.5. The molecular weight excluding hydrogens is 250 g/mol. The zero-order valence-corrected chi connectivity index (χ0v) is 12.0. The molecule has 1 aromatic heterocycles. The van der Waals surface area contributed by atoms with Crippen molar-refractivity contribution in [1.82, 2.24) is 14.5 Å². The van der Waals surface area contributed by atoms with Crippen LogP contribution in [0.2, 0.25) is 0 Å². The van der Waals surface area contributed by atoms with E-state index in [0.717, 1.165) is 12.8 Å². The first-order valence-corrected chi connectivity index (χ1v) is 7.91. The number of aryl methyl sites for hydroxylation is 1. The third-order valence-electron chi connectivity index (χ3n) is 3.98. The van der Waals surface area contributed by atoms with Crippen LogP contribution in [0.3, 0.4) is 0 Å². The van der Waals surface area contributed by atoms with E-state index in [9.17, 15) is 8.42 Å². The zero-order chi connectivity index (χ0) is 13.4. The summed E-state index contributed by atoms with van der Waals surface area (Å²) in [6.07, 6.45) is 3.74. The maximum Gasteiger partial charge on any atom is 0.257 e. The molecule has 5 nitrogen and oxygen atoms in total. The van der Waals surface area contributed by atoms with Gasteiger partial charge in [0.25, 0.3) is 10.0 Å². The van der Waals surface area contributed by atoms with Gasteiger partial charge < -0.3 is 0 Å². The highest BCUT2D eigenvalue weighted by Gasteiger charge is 2.45. The number of hydrogen-bond donors (Lipinski definition) is 1. The van der Waals surface area contributed by atoms with Gasteiger partial charge in [-0.15, -0.1) is 0 Å². The van der Waals surface area contributed by atoms with Crippen molar-refractivity contribution >= 4 is 10.0 Å². The molecule has 1 N–H and O–H groups in total. The fraction of sp³-hybridized carbons (Fsp3) is 0.750. The molecule has 1 heterocycles. The summed E-state index contributed by atoms with van der Waals surface area (Å²) in [6, 6.07) is 1.54. The minimum absolute atomic E-state index is 0.171. The normalized spacial score (nSPS) is 18.2. The topological polar surface area (TPSA) is 64.0 Å². The van der Waals surface area contributed by atoms with Crippen molar-refractivity contribution in [3.05, 3.63) is 12.3 Å². The molecule has 0 unspecified atom stereocenters. The highest BCUT2D eigenvalue weighted by molar-refractivity contribution is 7.89. The summed E-state index contributed by atoms with van der Waals surface area (Å²) in [6.45, 7) is 7.26. The van der Waals surface area contributed by atoms with Gasteiger partial charge in [-0.25, -0.2) is 13.1 Å². The van der Waals surface area contributed by atoms with Crippen LogP contribution in [0, 0.1) is 11.3 Å². The Bertz CT molecular complexity index is 515. The number of aromatic nitrogens is 2. The number of nitrogens with one attached hydrogen (secondary N) is 1. The van der Waals surface area contributed by atoms with Crippen molar-refractivity contribution in [1.29, 1.82) is 0 Å². The first-order valence-electron chi connectivity index (χ1n) is 6.43. The van der Waals surface area contributed by atoms with Crippen molar-refractivity contribution < 1.29 is 8.42 Å². The van der Waals surface area contributed by atoms with E-state index >= 15 is 0 Å².